The Kier molecular flexibility index (Phi) is 3.13. The minimum Gasteiger partial charge on any atom is -0.391 e. The number of hydrogen-bond acceptors (Lipinski definition) is 2. The van der Waals surface area contributed by atoms with Crippen LogP contribution in [0, 0.1) is 17.5 Å². The Balaban J connectivity index is 3.20. The van der Waals surface area contributed by atoms with Crippen molar-refractivity contribution >= 4 is 0 Å². The molecule has 1 rings (SSSR count). The minimum absolute atomic E-state index is 0.499. The summed E-state index contributed by atoms with van der Waals surface area (Å²) in [4.78, 5) is 0. The average molecular weight is 205 g/mol. The quantitative estimate of drug-likeness (QED) is 0.768. The zero-order chi connectivity index (χ0) is 10.9. The van der Waals surface area contributed by atoms with Gasteiger partial charge >= 0.3 is 0 Å². The number of benzene rings is 1. The highest BCUT2D eigenvalue weighted by atomic mass is 19.1. The number of halogens is 3. The summed E-state index contributed by atoms with van der Waals surface area (Å²) in [5.41, 5.74) is 4.84. The fourth-order valence-electron chi connectivity index (χ4n) is 1.11. The van der Waals surface area contributed by atoms with Gasteiger partial charge in [0.05, 0.1) is 12.1 Å². The average Bonchev–Trinajstić information content (AvgIpc) is 2.01. The molecule has 0 aliphatic heterocycles. The summed E-state index contributed by atoms with van der Waals surface area (Å²) in [5, 5.41) is 9.04. The number of rotatable bonds is 2. The predicted octanol–water partition coefficient (Wildman–Crippen LogP) is 1.48. The molecule has 0 spiro atoms. The molecule has 0 bridgehead atoms. The maximum Gasteiger partial charge on any atom is 0.133 e. The van der Waals surface area contributed by atoms with Gasteiger partial charge in [-0.2, -0.15) is 0 Å². The molecular formula is C9H10F3NO. The van der Waals surface area contributed by atoms with Crippen molar-refractivity contribution in [2.75, 3.05) is 0 Å². The Morgan fingerprint density at radius 1 is 1.21 bits per heavy atom. The van der Waals surface area contributed by atoms with Gasteiger partial charge in [0, 0.05) is 17.7 Å². The van der Waals surface area contributed by atoms with Gasteiger partial charge in [-0.1, -0.05) is 0 Å². The lowest BCUT2D eigenvalue weighted by Gasteiger charge is -2.16. The van der Waals surface area contributed by atoms with E-state index in [1.165, 1.54) is 6.92 Å². The standard InChI is InChI=1S/C9H10F3NO/c1-4(14)9(13)8-6(11)2-5(10)3-7(8)12/h2-4,9,14H,13H2,1H3. The maximum atomic E-state index is 13.1. The van der Waals surface area contributed by atoms with Crippen LogP contribution in [0.2, 0.25) is 0 Å². The Labute approximate surface area is 79.2 Å². The molecule has 1 aromatic rings. The van der Waals surface area contributed by atoms with E-state index in [0.717, 1.165) is 0 Å². The van der Waals surface area contributed by atoms with E-state index in [2.05, 4.69) is 0 Å². The summed E-state index contributed by atoms with van der Waals surface area (Å²) < 4.78 is 38.6. The molecule has 3 N–H and O–H groups in total. The summed E-state index contributed by atoms with van der Waals surface area (Å²) in [6.45, 7) is 1.30. The third kappa shape index (κ3) is 2.05. The lowest BCUT2D eigenvalue weighted by Crippen LogP contribution is -2.25. The molecule has 0 aliphatic carbocycles. The van der Waals surface area contributed by atoms with E-state index in [9.17, 15) is 13.2 Å². The Morgan fingerprint density at radius 2 is 1.64 bits per heavy atom. The Bertz CT molecular complexity index is 318. The van der Waals surface area contributed by atoms with Crippen LogP contribution in [-0.2, 0) is 0 Å². The normalized spacial score (nSPS) is 15.3. The van der Waals surface area contributed by atoms with Crippen molar-refractivity contribution in [3.8, 4) is 0 Å². The number of nitrogens with two attached hydrogens (primary N) is 1. The molecule has 5 heteroatoms. The molecule has 1 aromatic carbocycles. The second-order valence-electron chi connectivity index (χ2n) is 3.05. The lowest BCUT2D eigenvalue weighted by molar-refractivity contribution is 0.160. The molecule has 0 aromatic heterocycles. The second-order valence-corrected chi connectivity index (χ2v) is 3.05. The van der Waals surface area contributed by atoms with Crippen molar-refractivity contribution in [1.82, 2.24) is 0 Å². The molecule has 0 saturated carbocycles. The summed E-state index contributed by atoms with van der Waals surface area (Å²) in [5.74, 6) is -3.19. The highest BCUT2D eigenvalue weighted by Gasteiger charge is 2.21. The molecule has 0 saturated heterocycles. The first kappa shape index (κ1) is 11.0. The van der Waals surface area contributed by atoms with E-state index < -0.39 is 35.2 Å². The first-order valence-corrected chi connectivity index (χ1v) is 4.01. The fourth-order valence-corrected chi connectivity index (χ4v) is 1.11. The minimum atomic E-state index is -1.20. The summed E-state index contributed by atoms with van der Waals surface area (Å²) in [6.07, 6.45) is -1.11. The monoisotopic (exact) mass is 205 g/mol. The van der Waals surface area contributed by atoms with Crippen molar-refractivity contribution < 1.29 is 18.3 Å². The van der Waals surface area contributed by atoms with Crippen molar-refractivity contribution in [3.63, 3.8) is 0 Å². The van der Waals surface area contributed by atoms with Gasteiger partial charge in [0.1, 0.15) is 17.5 Å². The molecule has 2 atom stereocenters. The zero-order valence-corrected chi connectivity index (χ0v) is 7.47. The molecule has 0 radical (unpaired) electrons. The van der Waals surface area contributed by atoms with Crippen molar-refractivity contribution in [1.29, 1.82) is 0 Å². The Hall–Kier alpha value is -1.07. The smallest absolute Gasteiger partial charge is 0.133 e. The van der Waals surface area contributed by atoms with E-state index in [4.69, 9.17) is 10.8 Å². The predicted molar refractivity (Wildman–Crippen MR) is 44.9 cm³/mol. The molecule has 14 heavy (non-hydrogen) atoms. The van der Waals surface area contributed by atoms with Gasteiger partial charge < -0.3 is 10.8 Å². The van der Waals surface area contributed by atoms with Crippen molar-refractivity contribution in [2.24, 2.45) is 5.73 Å². The third-order valence-corrected chi connectivity index (χ3v) is 1.90. The molecule has 78 valence electrons. The van der Waals surface area contributed by atoms with Gasteiger partial charge in [0.25, 0.3) is 0 Å². The van der Waals surface area contributed by atoms with Crippen LogP contribution in [0.5, 0.6) is 0 Å². The van der Waals surface area contributed by atoms with Crippen LogP contribution in [0.15, 0.2) is 12.1 Å². The zero-order valence-electron chi connectivity index (χ0n) is 7.47. The van der Waals surface area contributed by atoms with Crippen LogP contribution in [0.3, 0.4) is 0 Å². The van der Waals surface area contributed by atoms with E-state index in [-0.39, 0.29) is 0 Å². The van der Waals surface area contributed by atoms with Gasteiger partial charge in [-0.15, -0.1) is 0 Å². The molecule has 0 amide bonds. The van der Waals surface area contributed by atoms with Crippen LogP contribution in [0.25, 0.3) is 0 Å². The van der Waals surface area contributed by atoms with Gasteiger partial charge in [0.2, 0.25) is 0 Å². The molecule has 2 unspecified atom stereocenters. The largest absolute Gasteiger partial charge is 0.391 e. The Morgan fingerprint density at radius 3 is 2.00 bits per heavy atom. The maximum absolute atomic E-state index is 13.1. The summed E-state index contributed by atoms with van der Waals surface area (Å²) in [7, 11) is 0. The van der Waals surface area contributed by atoms with Crippen LogP contribution < -0.4 is 5.73 Å². The van der Waals surface area contributed by atoms with Crippen LogP contribution in [0.4, 0.5) is 13.2 Å². The molecule has 2 nitrogen and oxygen atoms in total. The summed E-state index contributed by atoms with van der Waals surface area (Å²) >= 11 is 0. The highest BCUT2D eigenvalue weighted by Crippen LogP contribution is 2.22. The van der Waals surface area contributed by atoms with E-state index >= 15 is 0 Å². The van der Waals surface area contributed by atoms with Gasteiger partial charge in [0.15, 0.2) is 0 Å². The highest BCUT2D eigenvalue weighted by molar-refractivity contribution is 5.24. The molecule has 0 fully saturated rings. The fraction of sp³-hybridized carbons (Fsp3) is 0.333. The van der Waals surface area contributed by atoms with E-state index in [1.807, 2.05) is 0 Å². The van der Waals surface area contributed by atoms with Gasteiger partial charge in [-0.05, 0) is 6.92 Å². The first-order chi connectivity index (χ1) is 6.43. The SMILES string of the molecule is CC(O)C(N)c1c(F)cc(F)cc1F. The molecule has 0 heterocycles. The van der Waals surface area contributed by atoms with Gasteiger partial charge in [-0.3, -0.25) is 0 Å². The molecule has 0 aliphatic rings. The number of aliphatic hydroxyl groups excluding tert-OH is 1. The third-order valence-electron chi connectivity index (χ3n) is 1.90. The lowest BCUT2D eigenvalue weighted by atomic mass is 10.0. The van der Waals surface area contributed by atoms with Crippen molar-refractivity contribution in [2.45, 2.75) is 19.1 Å². The molecular weight excluding hydrogens is 195 g/mol. The topological polar surface area (TPSA) is 46.2 Å². The number of aliphatic hydroxyl groups is 1. The second kappa shape index (κ2) is 3.98. The van der Waals surface area contributed by atoms with E-state index in [0.29, 0.717) is 12.1 Å². The van der Waals surface area contributed by atoms with Crippen LogP contribution in [-0.4, -0.2) is 11.2 Å². The van der Waals surface area contributed by atoms with E-state index in [1.54, 1.807) is 0 Å². The van der Waals surface area contributed by atoms with Crippen LogP contribution >= 0.6 is 0 Å². The van der Waals surface area contributed by atoms with Crippen molar-refractivity contribution in [3.05, 3.63) is 35.1 Å². The number of hydrogen-bond donors (Lipinski definition) is 2. The van der Waals surface area contributed by atoms with Crippen LogP contribution in [0.1, 0.15) is 18.5 Å². The first-order valence-electron chi connectivity index (χ1n) is 4.01. The van der Waals surface area contributed by atoms with Gasteiger partial charge in [-0.25, -0.2) is 13.2 Å². The summed E-state index contributed by atoms with van der Waals surface area (Å²) in [6, 6.07) is -0.142.